The van der Waals surface area contributed by atoms with Gasteiger partial charge in [0.05, 0.1) is 20.8 Å². The molecule has 2 rings (SSSR count). The summed E-state index contributed by atoms with van der Waals surface area (Å²) in [5, 5.41) is 0. The zero-order valence-corrected chi connectivity index (χ0v) is 19.5. The van der Waals surface area contributed by atoms with E-state index in [2.05, 4.69) is 34.4 Å². The van der Waals surface area contributed by atoms with Gasteiger partial charge < -0.3 is 18.9 Å². The molecule has 1 aromatic carbocycles. The summed E-state index contributed by atoms with van der Waals surface area (Å²) in [7, 11) is 2.51. The number of benzene rings is 1. The molecule has 1 atom stereocenters. The lowest BCUT2D eigenvalue weighted by molar-refractivity contribution is -0.168. The van der Waals surface area contributed by atoms with Crippen molar-refractivity contribution >= 4 is 34.5 Å². The summed E-state index contributed by atoms with van der Waals surface area (Å²) in [6.45, 7) is 1.05. The number of hydrogen-bond acceptors (Lipinski definition) is 6. The number of allylic oxidation sites excluding steroid dienone is 1. The molecule has 1 aliphatic heterocycles. The molecule has 0 saturated carbocycles. The summed E-state index contributed by atoms with van der Waals surface area (Å²) in [5.41, 5.74) is -0.740. The number of halogens is 1. The van der Waals surface area contributed by atoms with Crippen LogP contribution in [-0.2, 0) is 28.5 Å². The van der Waals surface area contributed by atoms with Crippen LogP contribution in [0.4, 0.5) is 0 Å². The van der Waals surface area contributed by atoms with Gasteiger partial charge in [0.15, 0.2) is 11.7 Å². The smallest absolute Gasteiger partial charge is 0.324 e. The van der Waals surface area contributed by atoms with Crippen LogP contribution in [0.5, 0.6) is 0 Å². The van der Waals surface area contributed by atoms with E-state index in [0.717, 1.165) is 28.4 Å². The Kier molecular flexibility index (Phi) is 10.3. The monoisotopic (exact) mass is 526 g/mol. The molecule has 0 bridgehead atoms. The van der Waals surface area contributed by atoms with Gasteiger partial charge in [-0.3, -0.25) is 9.59 Å². The predicted molar refractivity (Wildman–Crippen MR) is 121 cm³/mol. The van der Waals surface area contributed by atoms with Gasteiger partial charge >= 0.3 is 11.9 Å². The third-order valence-electron chi connectivity index (χ3n) is 4.77. The average Bonchev–Trinajstić information content (AvgIpc) is 2.80. The van der Waals surface area contributed by atoms with Crippen LogP contribution in [0.15, 0.2) is 40.0 Å². The number of methoxy groups -OCH3 is 2. The Labute approximate surface area is 191 Å². The van der Waals surface area contributed by atoms with Crippen molar-refractivity contribution in [2.45, 2.75) is 38.4 Å². The summed E-state index contributed by atoms with van der Waals surface area (Å²) in [6.07, 6.45) is 4.67. The highest BCUT2D eigenvalue weighted by molar-refractivity contribution is 14.1. The highest BCUT2D eigenvalue weighted by Gasteiger charge is 2.47. The van der Waals surface area contributed by atoms with E-state index >= 15 is 0 Å². The molecule has 0 spiro atoms. The van der Waals surface area contributed by atoms with Crippen LogP contribution >= 0.6 is 22.6 Å². The van der Waals surface area contributed by atoms with Crippen molar-refractivity contribution in [3.63, 3.8) is 0 Å². The van der Waals surface area contributed by atoms with Gasteiger partial charge in [-0.25, -0.2) is 0 Å². The van der Waals surface area contributed by atoms with Crippen molar-refractivity contribution in [1.82, 2.24) is 0 Å². The zero-order valence-electron chi connectivity index (χ0n) is 17.3. The highest BCUT2D eigenvalue weighted by atomic mass is 127. The number of hydrogen-bond donors (Lipinski definition) is 0. The maximum atomic E-state index is 12.6. The van der Waals surface area contributed by atoms with Crippen molar-refractivity contribution < 1.29 is 28.5 Å². The molecule has 6 nitrogen and oxygen atoms in total. The minimum atomic E-state index is -1.54. The topological polar surface area (TPSA) is 71.1 Å². The molecule has 1 saturated heterocycles. The van der Waals surface area contributed by atoms with Crippen molar-refractivity contribution in [2.24, 2.45) is 5.41 Å². The second kappa shape index (κ2) is 12.7. The largest absolute Gasteiger partial charge is 0.468 e. The molecule has 0 aromatic heterocycles. The molecule has 30 heavy (non-hydrogen) atoms. The Bertz CT molecular complexity index is 771. The first-order chi connectivity index (χ1) is 14.5. The third-order valence-corrected chi connectivity index (χ3v) is 5.52. The number of ether oxygens (including phenoxy) is 4. The van der Waals surface area contributed by atoms with E-state index in [1.165, 1.54) is 14.2 Å². The fourth-order valence-corrected chi connectivity index (χ4v) is 3.43. The van der Waals surface area contributed by atoms with E-state index in [4.69, 9.17) is 18.9 Å². The van der Waals surface area contributed by atoms with E-state index < -0.39 is 17.4 Å². The number of esters is 2. The van der Waals surface area contributed by atoms with E-state index in [9.17, 15) is 9.59 Å². The maximum Gasteiger partial charge on any atom is 0.324 e. The Morgan fingerprint density at radius 1 is 1.20 bits per heavy atom. The Morgan fingerprint density at radius 2 is 1.90 bits per heavy atom. The lowest BCUT2D eigenvalue weighted by Gasteiger charge is -2.25. The first-order valence-electron chi connectivity index (χ1n) is 9.80. The van der Waals surface area contributed by atoms with Crippen LogP contribution < -0.4 is 0 Å². The highest BCUT2D eigenvalue weighted by Crippen LogP contribution is 2.32. The van der Waals surface area contributed by atoms with E-state index in [1.54, 1.807) is 6.08 Å². The molecule has 1 aromatic rings. The Balaban J connectivity index is 2.14. The van der Waals surface area contributed by atoms with Gasteiger partial charge in [0.25, 0.3) is 0 Å². The molecular formula is C23H27IO6. The quantitative estimate of drug-likeness (QED) is 0.221. The summed E-state index contributed by atoms with van der Waals surface area (Å²) in [6, 6.07) is 9.36. The average molecular weight is 526 g/mol. The fourth-order valence-electron chi connectivity index (χ4n) is 3.03. The summed E-state index contributed by atoms with van der Waals surface area (Å²) in [4.78, 5) is 25.2. The van der Waals surface area contributed by atoms with Gasteiger partial charge in [0.2, 0.25) is 0 Å². The second-order valence-corrected chi connectivity index (χ2v) is 8.26. The van der Waals surface area contributed by atoms with Crippen molar-refractivity contribution in [3.05, 3.63) is 45.6 Å². The van der Waals surface area contributed by atoms with Gasteiger partial charge in [0, 0.05) is 22.2 Å². The van der Waals surface area contributed by atoms with Crippen molar-refractivity contribution in [3.8, 4) is 11.8 Å². The van der Waals surface area contributed by atoms with E-state index in [1.807, 2.05) is 30.3 Å². The molecular weight excluding hydrogens is 499 g/mol. The minimum Gasteiger partial charge on any atom is -0.468 e. The molecule has 162 valence electrons. The molecule has 0 aliphatic carbocycles. The molecule has 0 amide bonds. The maximum absolute atomic E-state index is 12.6. The van der Waals surface area contributed by atoms with E-state index in [-0.39, 0.29) is 19.1 Å². The van der Waals surface area contributed by atoms with Crippen LogP contribution in [-0.4, -0.2) is 45.7 Å². The third kappa shape index (κ3) is 7.11. The minimum absolute atomic E-state index is 0.0196. The molecule has 7 heteroatoms. The number of carbonyl (C=O) groups excluding carboxylic acids is 2. The molecule has 1 unspecified atom stereocenters. The van der Waals surface area contributed by atoms with E-state index in [0.29, 0.717) is 13.2 Å². The van der Waals surface area contributed by atoms with Crippen LogP contribution in [0.1, 0.15) is 37.7 Å². The number of carbonyl (C=O) groups is 2. The summed E-state index contributed by atoms with van der Waals surface area (Å²) < 4.78 is 22.1. The van der Waals surface area contributed by atoms with Crippen LogP contribution in [0.25, 0.3) is 0 Å². The molecule has 1 heterocycles. The normalized spacial score (nSPS) is 16.9. The second-order valence-electron chi connectivity index (χ2n) is 6.87. The first-order valence-corrected chi connectivity index (χ1v) is 10.9. The zero-order chi connectivity index (χ0) is 21.8. The molecule has 1 fully saturated rings. The van der Waals surface area contributed by atoms with Crippen LogP contribution in [0.3, 0.4) is 0 Å². The van der Waals surface area contributed by atoms with Crippen LogP contribution in [0.2, 0.25) is 0 Å². The lowest BCUT2D eigenvalue weighted by Crippen LogP contribution is -2.40. The van der Waals surface area contributed by atoms with Crippen LogP contribution in [0, 0.1) is 17.3 Å². The lowest BCUT2D eigenvalue weighted by atomic mass is 9.81. The Morgan fingerprint density at radius 3 is 2.50 bits per heavy atom. The summed E-state index contributed by atoms with van der Waals surface area (Å²) in [5.74, 6) is 4.59. The molecule has 1 aliphatic rings. The Hall–Kier alpha value is -1.89. The van der Waals surface area contributed by atoms with Crippen molar-refractivity contribution in [2.75, 3.05) is 27.4 Å². The molecule has 0 radical (unpaired) electrons. The van der Waals surface area contributed by atoms with Crippen molar-refractivity contribution in [1.29, 1.82) is 0 Å². The number of rotatable bonds is 8. The van der Waals surface area contributed by atoms with Gasteiger partial charge in [0.1, 0.15) is 0 Å². The standard InChI is InChI=1S/C23H27IO6/c1-27-21(25)23(22(26)28-2,14-8-11-18-9-4-3-5-10-18)15-13-19(24)17-30-20-12-6-7-16-29-20/h3-5,9-10,13,20H,6-7,12,14-17H2,1-2H3/b19-13-. The van der Waals surface area contributed by atoms with Gasteiger partial charge in [-0.1, -0.05) is 36.1 Å². The predicted octanol–water partition coefficient (Wildman–Crippen LogP) is 4.01. The summed E-state index contributed by atoms with van der Waals surface area (Å²) >= 11 is 2.14. The first kappa shape index (κ1) is 24.4. The molecule has 0 N–H and O–H groups in total. The van der Waals surface area contributed by atoms with Gasteiger partial charge in [-0.15, -0.1) is 0 Å². The SMILES string of the molecule is COC(=O)C(CC#Cc1ccccc1)(C/C=C(\I)COC1CCCCO1)C(=O)OC. The van der Waals surface area contributed by atoms with Gasteiger partial charge in [-0.2, -0.15) is 0 Å². The van der Waals surface area contributed by atoms with Gasteiger partial charge in [-0.05, 0) is 60.4 Å². The fraction of sp³-hybridized carbons (Fsp3) is 0.478.